The Labute approximate surface area is 285 Å². The van der Waals surface area contributed by atoms with E-state index in [0.717, 1.165) is 67.7 Å². The number of carbonyl (C=O) groups excluding carboxylic acids is 1. The number of hydrogen-bond acceptors (Lipinski definition) is 5. The molecule has 12 heteroatoms. The Bertz CT molecular complexity index is 1980. The molecule has 4 heterocycles. The van der Waals surface area contributed by atoms with E-state index in [0.29, 0.717) is 31.0 Å². The second kappa shape index (κ2) is 13.2. The number of likely N-dealkylation sites (tertiary alicyclic amines) is 1. The molecule has 2 bridgehead atoms. The number of rotatable bonds is 9. The number of hydrogen-bond donors (Lipinski definition) is 1. The third-order valence-corrected chi connectivity index (χ3v) is 12.7. The number of nitrogens with one attached hydrogen (secondary N) is 1. The van der Waals surface area contributed by atoms with Crippen molar-refractivity contribution in [1.29, 1.82) is 0 Å². The quantitative estimate of drug-likeness (QED) is 0.217. The van der Waals surface area contributed by atoms with Crippen molar-refractivity contribution in [3.05, 3.63) is 95.1 Å². The van der Waals surface area contributed by atoms with Crippen molar-refractivity contribution in [2.75, 3.05) is 26.2 Å². The molecule has 1 unspecified atom stereocenters. The van der Waals surface area contributed by atoms with Crippen LogP contribution >= 0.6 is 0 Å². The minimum Gasteiger partial charge on any atom is -0.338 e. The maximum Gasteiger partial charge on any atom is 0.259 e. The van der Waals surface area contributed by atoms with Crippen LogP contribution in [0.3, 0.4) is 0 Å². The molecule has 7 rings (SSSR count). The monoisotopic (exact) mass is 693 g/mol. The van der Waals surface area contributed by atoms with Crippen molar-refractivity contribution in [3.63, 3.8) is 0 Å². The van der Waals surface area contributed by atoms with Gasteiger partial charge in [-0.25, -0.2) is 31.3 Å². The number of imidazole rings is 1. The zero-order chi connectivity index (χ0) is 34.5. The Balaban J connectivity index is 1.09. The minimum atomic E-state index is -4.26. The van der Waals surface area contributed by atoms with Gasteiger partial charge in [0, 0.05) is 37.8 Å². The molecule has 0 saturated carbocycles. The number of aryl methyl sites for hydroxylation is 1. The number of aromatic nitrogens is 2. The number of para-hydroxylation sites is 2. The van der Waals surface area contributed by atoms with Crippen LogP contribution in [0.2, 0.25) is 0 Å². The highest BCUT2D eigenvalue weighted by Crippen LogP contribution is 2.45. The van der Waals surface area contributed by atoms with E-state index in [-0.39, 0.29) is 25.5 Å². The molecule has 0 spiro atoms. The lowest BCUT2D eigenvalue weighted by Gasteiger charge is -2.45. The molecule has 0 aliphatic carbocycles. The number of fused-ring (bicyclic) bond motifs is 3. The van der Waals surface area contributed by atoms with Crippen LogP contribution in [0.25, 0.3) is 11.0 Å². The Kier molecular flexibility index (Phi) is 9.08. The molecule has 49 heavy (non-hydrogen) atoms. The van der Waals surface area contributed by atoms with E-state index >= 15 is 4.39 Å². The highest BCUT2D eigenvalue weighted by atomic mass is 32.2. The minimum absolute atomic E-state index is 0.0116. The van der Waals surface area contributed by atoms with Gasteiger partial charge >= 0.3 is 0 Å². The first-order valence-electron chi connectivity index (χ1n) is 17.2. The summed E-state index contributed by atoms with van der Waals surface area (Å²) >= 11 is 0. The normalized spacial score (nSPS) is 22.6. The number of benzene rings is 3. The average molecular weight is 694 g/mol. The second-order valence-electron chi connectivity index (χ2n) is 13.8. The van der Waals surface area contributed by atoms with Gasteiger partial charge in [-0.15, -0.1) is 0 Å². The van der Waals surface area contributed by atoms with Gasteiger partial charge in [-0.1, -0.05) is 31.2 Å². The molecule has 3 fully saturated rings. The second-order valence-corrected chi connectivity index (χ2v) is 15.6. The number of piperidine rings is 2. The topological polar surface area (TPSA) is 87.5 Å². The molecule has 3 aliphatic rings. The fraction of sp³-hybridized carbons (Fsp3) is 0.459. The Morgan fingerprint density at radius 1 is 0.959 bits per heavy atom. The summed E-state index contributed by atoms with van der Waals surface area (Å²) in [7, 11) is -4.26. The zero-order valence-electron chi connectivity index (χ0n) is 27.8. The molecule has 260 valence electrons. The Morgan fingerprint density at radius 3 is 2.37 bits per heavy atom. The smallest absolute Gasteiger partial charge is 0.259 e. The van der Waals surface area contributed by atoms with E-state index in [4.69, 9.17) is 4.98 Å². The first-order chi connectivity index (χ1) is 23.5. The summed E-state index contributed by atoms with van der Waals surface area (Å²) in [5.41, 5.74) is 1.74. The number of sulfonamides is 1. The van der Waals surface area contributed by atoms with Crippen LogP contribution in [0.4, 0.5) is 13.2 Å². The Morgan fingerprint density at radius 2 is 1.67 bits per heavy atom. The standard InChI is InChI=1S/C37H42F3N5O3S/c1-3-41-49(47,48)33-14-13-30(39)34(35(33)40)36(46)43-18-15-37(16-19-43,25-7-6-8-26(38)21-25)17-20-44-27-11-12-28(44)23-29(22-27)45-24(2)42-31-9-4-5-10-32(31)45/h4-10,13-14,21,27-29,41H,3,11-12,15-20,22-23H2,1-2H3/t27-,28+,29?. The largest absolute Gasteiger partial charge is 0.338 e. The molecular weight excluding hydrogens is 652 g/mol. The van der Waals surface area contributed by atoms with E-state index in [9.17, 15) is 22.0 Å². The van der Waals surface area contributed by atoms with Gasteiger partial charge in [0.25, 0.3) is 5.91 Å². The molecule has 1 N–H and O–H groups in total. The van der Waals surface area contributed by atoms with E-state index in [1.807, 2.05) is 12.1 Å². The van der Waals surface area contributed by atoms with Gasteiger partial charge in [-0.3, -0.25) is 9.69 Å². The van der Waals surface area contributed by atoms with Gasteiger partial charge in [0.2, 0.25) is 10.0 Å². The van der Waals surface area contributed by atoms with Crippen LogP contribution in [-0.2, 0) is 15.4 Å². The zero-order valence-corrected chi connectivity index (χ0v) is 28.7. The predicted molar refractivity (Wildman–Crippen MR) is 181 cm³/mol. The first-order valence-corrected chi connectivity index (χ1v) is 18.7. The summed E-state index contributed by atoms with van der Waals surface area (Å²) in [5, 5.41) is 0. The van der Waals surface area contributed by atoms with E-state index < -0.39 is 43.4 Å². The fourth-order valence-electron chi connectivity index (χ4n) is 8.79. The maximum atomic E-state index is 15.5. The summed E-state index contributed by atoms with van der Waals surface area (Å²) in [6, 6.07) is 17.8. The van der Waals surface area contributed by atoms with Crippen molar-refractivity contribution in [2.24, 2.45) is 0 Å². The van der Waals surface area contributed by atoms with Crippen LogP contribution in [0.1, 0.15) is 79.7 Å². The summed E-state index contributed by atoms with van der Waals surface area (Å²) in [5.74, 6) is -2.69. The predicted octanol–water partition coefficient (Wildman–Crippen LogP) is 6.49. The van der Waals surface area contributed by atoms with Crippen LogP contribution in [0, 0.1) is 24.4 Å². The van der Waals surface area contributed by atoms with Gasteiger partial charge < -0.3 is 9.47 Å². The summed E-state index contributed by atoms with van der Waals surface area (Å²) in [6.45, 7) is 4.85. The van der Waals surface area contributed by atoms with Crippen molar-refractivity contribution < 1.29 is 26.4 Å². The third-order valence-electron chi connectivity index (χ3n) is 11.2. The Hall–Kier alpha value is -3.74. The first kappa shape index (κ1) is 33.7. The molecule has 1 aromatic heterocycles. The van der Waals surface area contributed by atoms with Gasteiger partial charge in [-0.2, -0.15) is 0 Å². The van der Waals surface area contributed by atoms with Gasteiger partial charge in [-0.05, 0) is 106 Å². The van der Waals surface area contributed by atoms with Gasteiger partial charge in [0.1, 0.15) is 27.9 Å². The van der Waals surface area contributed by atoms with Crippen molar-refractivity contribution in [3.8, 4) is 0 Å². The maximum absolute atomic E-state index is 15.5. The van der Waals surface area contributed by atoms with Gasteiger partial charge in [0.15, 0.2) is 5.82 Å². The van der Waals surface area contributed by atoms with E-state index in [1.54, 1.807) is 19.1 Å². The summed E-state index contributed by atoms with van der Waals surface area (Å²) in [6.07, 6.45) is 6.03. The number of halogens is 3. The lowest BCUT2D eigenvalue weighted by Crippen LogP contribution is -2.49. The highest BCUT2D eigenvalue weighted by Gasteiger charge is 2.44. The van der Waals surface area contributed by atoms with Crippen molar-refractivity contribution in [2.45, 2.75) is 87.2 Å². The molecule has 3 aromatic carbocycles. The molecule has 3 saturated heterocycles. The molecule has 4 aromatic rings. The molecule has 1 amide bonds. The van der Waals surface area contributed by atoms with Crippen LogP contribution in [0.5, 0.6) is 0 Å². The van der Waals surface area contributed by atoms with Crippen LogP contribution < -0.4 is 4.72 Å². The van der Waals surface area contributed by atoms with E-state index in [2.05, 4.69) is 39.3 Å². The number of carbonyl (C=O) groups is 1. The molecular formula is C37H42F3N5O3S. The molecule has 0 radical (unpaired) electrons. The molecule has 3 aliphatic heterocycles. The fourth-order valence-corrected chi connectivity index (χ4v) is 9.91. The van der Waals surface area contributed by atoms with Crippen LogP contribution in [-0.4, -0.2) is 71.9 Å². The average Bonchev–Trinajstić information content (AvgIpc) is 3.53. The summed E-state index contributed by atoms with van der Waals surface area (Å²) < 4.78 is 74.7. The molecule has 8 nitrogen and oxygen atoms in total. The van der Waals surface area contributed by atoms with Gasteiger partial charge in [0.05, 0.1) is 11.0 Å². The van der Waals surface area contributed by atoms with E-state index in [1.165, 1.54) is 16.5 Å². The van der Waals surface area contributed by atoms with Crippen molar-refractivity contribution in [1.82, 2.24) is 24.1 Å². The SMILES string of the molecule is CCNS(=O)(=O)c1ccc(F)c(C(=O)N2CCC(CCN3[C@@H]4CC[C@H]3CC(n3c(C)nc5ccccc53)C4)(c3cccc(F)c3)CC2)c1F. The number of nitrogens with zero attached hydrogens (tertiary/aromatic N) is 4. The lowest BCUT2D eigenvalue weighted by atomic mass is 9.70. The van der Waals surface area contributed by atoms with Crippen molar-refractivity contribution >= 4 is 27.0 Å². The number of amides is 1. The molecule has 3 atom stereocenters. The summed E-state index contributed by atoms with van der Waals surface area (Å²) in [4.78, 5) is 21.6. The third kappa shape index (κ3) is 6.16. The van der Waals surface area contributed by atoms with Crippen LogP contribution in [0.15, 0.2) is 65.6 Å². The lowest BCUT2D eigenvalue weighted by molar-refractivity contribution is 0.0598. The highest BCUT2D eigenvalue weighted by molar-refractivity contribution is 7.89.